The summed E-state index contributed by atoms with van der Waals surface area (Å²) in [5.41, 5.74) is 7.46. The van der Waals surface area contributed by atoms with Gasteiger partial charge < -0.3 is 20.1 Å². The first kappa shape index (κ1) is 14.2. The molecule has 2 N–H and O–H groups in total. The van der Waals surface area contributed by atoms with E-state index in [1.54, 1.807) is 14.2 Å². The van der Waals surface area contributed by atoms with Crippen LogP contribution < -0.4 is 15.2 Å². The molecule has 0 saturated heterocycles. The zero-order valence-corrected chi connectivity index (χ0v) is 12.3. The van der Waals surface area contributed by atoms with E-state index in [4.69, 9.17) is 15.2 Å². The highest BCUT2D eigenvalue weighted by atomic mass is 16.5. The van der Waals surface area contributed by atoms with Crippen molar-refractivity contribution >= 4 is 0 Å². The maximum atomic E-state index is 5.99. The summed E-state index contributed by atoms with van der Waals surface area (Å²) < 4.78 is 10.7. The molecule has 0 amide bonds. The molecule has 1 fully saturated rings. The average molecular weight is 264 g/mol. The number of ether oxygens (including phenoxy) is 2. The van der Waals surface area contributed by atoms with Gasteiger partial charge in [-0.15, -0.1) is 0 Å². The molecule has 1 aliphatic rings. The molecule has 1 aromatic carbocycles. The quantitative estimate of drug-likeness (QED) is 0.854. The molecule has 0 bridgehead atoms. The van der Waals surface area contributed by atoms with Crippen molar-refractivity contribution in [3.8, 4) is 11.5 Å². The van der Waals surface area contributed by atoms with Gasteiger partial charge in [-0.05, 0) is 51.2 Å². The Kier molecular flexibility index (Phi) is 4.02. The third-order valence-corrected chi connectivity index (χ3v) is 4.12. The third kappa shape index (κ3) is 2.55. The minimum atomic E-state index is 0.225. The van der Waals surface area contributed by atoms with Crippen molar-refractivity contribution in [2.45, 2.75) is 18.9 Å². The second-order valence-corrected chi connectivity index (χ2v) is 5.55. The molecule has 2 rings (SSSR count). The molecule has 1 saturated carbocycles. The van der Waals surface area contributed by atoms with Gasteiger partial charge in [0.15, 0.2) is 11.5 Å². The Bertz CT molecular complexity index is 442. The number of nitrogens with two attached hydrogens (primary N) is 1. The second kappa shape index (κ2) is 5.39. The molecule has 0 radical (unpaired) electrons. The van der Waals surface area contributed by atoms with Crippen LogP contribution in [-0.4, -0.2) is 39.8 Å². The van der Waals surface area contributed by atoms with Gasteiger partial charge in [0.25, 0.3) is 0 Å². The molecular formula is C15H24N2O2. The summed E-state index contributed by atoms with van der Waals surface area (Å²) in [4.78, 5) is 2.25. The molecule has 0 spiro atoms. The Morgan fingerprint density at radius 1 is 1.21 bits per heavy atom. The minimum absolute atomic E-state index is 0.225. The molecule has 1 atom stereocenters. The maximum Gasteiger partial charge on any atom is 0.161 e. The van der Waals surface area contributed by atoms with Crippen LogP contribution in [0.4, 0.5) is 0 Å². The van der Waals surface area contributed by atoms with E-state index < -0.39 is 0 Å². The summed E-state index contributed by atoms with van der Waals surface area (Å²) >= 11 is 0. The second-order valence-electron chi connectivity index (χ2n) is 5.55. The van der Waals surface area contributed by atoms with Crippen molar-refractivity contribution in [3.05, 3.63) is 23.8 Å². The number of methoxy groups -OCH3 is 2. The first-order valence-electron chi connectivity index (χ1n) is 6.66. The summed E-state index contributed by atoms with van der Waals surface area (Å²) in [6.07, 6.45) is 2.39. The zero-order chi connectivity index (χ0) is 14.0. The topological polar surface area (TPSA) is 47.7 Å². The fourth-order valence-corrected chi connectivity index (χ4v) is 2.97. The molecule has 106 valence electrons. The summed E-state index contributed by atoms with van der Waals surface area (Å²) in [6.45, 7) is 0.726. The van der Waals surface area contributed by atoms with E-state index in [9.17, 15) is 0 Å². The average Bonchev–Trinajstić information content (AvgIpc) is 3.19. The molecule has 0 aromatic heterocycles. The normalized spacial score (nSPS) is 18.2. The van der Waals surface area contributed by atoms with Gasteiger partial charge in [-0.3, -0.25) is 0 Å². The van der Waals surface area contributed by atoms with Crippen LogP contribution in [-0.2, 0) is 0 Å². The van der Waals surface area contributed by atoms with Crippen LogP contribution in [0.2, 0.25) is 0 Å². The molecule has 1 aromatic rings. The van der Waals surface area contributed by atoms with E-state index in [2.05, 4.69) is 31.1 Å². The smallest absolute Gasteiger partial charge is 0.161 e. The SMILES string of the molecule is COc1ccc(C(N(C)C)C2(CN)CC2)cc1OC. The first-order chi connectivity index (χ1) is 9.07. The minimum Gasteiger partial charge on any atom is -0.493 e. The van der Waals surface area contributed by atoms with Crippen molar-refractivity contribution in [3.63, 3.8) is 0 Å². The van der Waals surface area contributed by atoms with E-state index >= 15 is 0 Å². The van der Waals surface area contributed by atoms with E-state index in [0.717, 1.165) is 18.0 Å². The van der Waals surface area contributed by atoms with Gasteiger partial charge in [-0.1, -0.05) is 6.07 Å². The standard InChI is InChI=1S/C15H24N2O2/c1-17(2)14(15(10-16)7-8-15)11-5-6-12(18-3)13(9-11)19-4/h5-6,9,14H,7-8,10,16H2,1-4H3. The van der Waals surface area contributed by atoms with Gasteiger partial charge in [0, 0.05) is 11.5 Å². The van der Waals surface area contributed by atoms with Crippen LogP contribution in [0.5, 0.6) is 11.5 Å². The molecule has 4 nitrogen and oxygen atoms in total. The number of hydrogen-bond donors (Lipinski definition) is 1. The van der Waals surface area contributed by atoms with Crippen molar-refractivity contribution in [2.24, 2.45) is 11.1 Å². The largest absolute Gasteiger partial charge is 0.493 e. The summed E-state index contributed by atoms with van der Waals surface area (Å²) in [5.74, 6) is 1.54. The Labute approximate surface area is 115 Å². The Morgan fingerprint density at radius 3 is 2.26 bits per heavy atom. The van der Waals surface area contributed by atoms with E-state index in [0.29, 0.717) is 6.04 Å². The lowest BCUT2D eigenvalue weighted by molar-refractivity contribution is 0.198. The van der Waals surface area contributed by atoms with Gasteiger partial charge in [0.1, 0.15) is 0 Å². The molecular weight excluding hydrogens is 240 g/mol. The van der Waals surface area contributed by atoms with Crippen molar-refractivity contribution in [1.29, 1.82) is 0 Å². The van der Waals surface area contributed by atoms with Gasteiger partial charge in [-0.2, -0.15) is 0 Å². The van der Waals surface area contributed by atoms with Gasteiger partial charge >= 0.3 is 0 Å². The van der Waals surface area contributed by atoms with Crippen LogP contribution in [0.25, 0.3) is 0 Å². The van der Waals surface area contributed by atoms with E-state index in [1.165, 1.54) is 18.4 Å². The molecule has 1 aliphatic carbocycles. The summed E-state index contributed by atoms with van der Waals surface area (Å²) in [7, 11) is 7.54. The van der Waals surface area contributed by atoms with Gasteiger partial charge in [0.2, 0.25) is 0 Å². The lowest BCUT2D eigenvalue weighted by Crippen LogP contribution is -2.33. The number of rotatable bonds is 6. The van der Waals surface area contributed by atoms with Gasteiger partial charge in [-0.25, -0.2) is 0 Å². The Morgan fingerprint density at radius 2 is 1.84 bits per heavy atom. The van der Waals surface area contributed by atoms with E-state index in [-0.39, 0.29) is 5.41 Å². The summed E-state index contributed by atoms with van der Waals surface area (Å²) in [6, 6.07) is 6.48. The predicted octanol–water partition coefficient (Wildman–Crippen LogP) is 2.05. The van der Waals surface area contributed by atoms with Crippen LogP contribution >= 0.6 is 0 Å². The number of hydrogen-bond acceptors (Lipinski definition) is 4. The first-order valence-corrected chi connectivity index (χ1v) is 6.66. The molecule has 0 heterocycles. The molecule has 4 heteroatoms. The van der Waals surface area contributed by atoms with Crippen LogP contribution in [0.1, 0.15) is 24.4 Å². The molecule has 19 heavy (non-hydrogen) atoms. The lowest BCUT2D eigenvalue weighted by Gasteiger charge is -2.32. The predicted molar refractivity (Wildman–Crippen MR) is 76.7 cm³/mol. The van der Waals surface area contributed by atoms with Gasteiger partial charge in [0.05, 0.1) is 14.2 Å². The van der Waals surface area contributed by atoms with Crippen molar-refractivity contribution in [2.75, 3.05) is 34.9 Å². The zero-order valence-electron chi connectivity index (χ0n) is 12.3. The number of nitrogens with zero attached hydrogens (tertiary/aromatic N) is 1. The van der Waals surface area contributed by atoms with E-state index in [1.807, 2.05) is 6.07 Å². The van der Waals surface area contributed by atoms with Crippen LogP contribution in [0.15, 0.2) is 18.2 Å². The fourth-order valence-electron chi connectivity index (χ4n) is 2.97. The highest BCUT2D eigenvalue weighted by Gasteiger charge is 2.49. The van der Waals surface area contributed by atoms with Crippen LogP contribution in [0.3, 0.4) is 0 Å². The maximum absolute atomic E-state index is 5.99. The van der Waals surface area contributed by atoms with Crippen molar-refractivity contribution in [1.82, 2.24) is 4.90 Å². The third-order valence-electron chi connectivity index (χ3n) is 4.12. The highest BCUT2D eigenvalue weighted by Crippen LogP contribution is 2.56. The number of benzene rings is 1. The van der Waals surface area contributed by atoms with Crippen molar-refractivity contribution < 1.29 is 9.47 Å². The lowest BCUT2D eigenvalue weighted by atomic mass is 9.89. The highest BCUT2D eigenvalue weighted by molar-refractivity contribution is 5.44. The van der Waals surface area contributed by atoms with Crippen LogP contribution in [0, 0.1) is 5.41 Å². The Hall–Kier alpha value is -1.26. The monoisotopic (exact) mass is 264 g/mol. The fraction of sp³-hybridized carbons (Fsp3) is 0.600. The molecule has 0 aliphatic heterocycles. The summed E-state index contributed by atoms with van der Waals surface area (Å²) in [5, 5.41) is 0. The Balaban J connectivity index is 2.38. The molecule has 1 unspecified atom stereocenters.